The Morgan fingerprint density at radius 1 is 1.12 bits per heavy atom. The van der Waals surface area contributed by atoms with Gasteiger partial charge in [-0.3, -0.25) is 9.69 Å². The first-order valence-corrected chi connectivity index (χ1v) is 9.98. The highest BCUT2D eigenvalue weighted by molar-refractivity contribution is 7.86. The molecule has 11 heteroatoms. The van der Waals surface area contributed by atoms with Crippen molar-refractivity contribution < 1.29 is 13.2 Å². The van der Waals surface area contributed by atoms with E-state index in [4.69, 9.17) is 34.8 Å². The summed E-state index contributed by atoms with van der Waals surface area (Å²) >= 11 is 17.9. The van der Waals surface area contributed by atoms with Crippen LogP contribution in [0, 0.1) is 0 Å². The SMILES string of the molecule is CN(C)S(=O)(=O)N1CCN(CC(=O)Nc2c(Cl)cc(Cl)cc2Cl)CC1. The Morgan fingerprint density at radius 3 is 2.12 bits per heavy atom. The van der Waals surface area contributed by atoms with E-state index in [1.807, 2.05) is 4.90 Å². The molecule has 0 bridgehead atoms. The number of nitrogens with one attached hydrogen (secondary N) is 1. The molecule has 0 atom stereocenters. The summed E-state index contributed by atoms with van der Waals surface area (Å²) in [4.78, 5) is 14.1. The summed E-state index contributed by atoms with van der Waals surface area (Å²) in [7, 11) is -0.434. The van der Waals surface area contributed by atoms with Crippen molar-refractivity contribution in [3.8, 4) is 0 Å². The van der Waals surface area contributed by atoms with Crippen LogP contribution < -0.4 is 5.32 Å². The molecular weight excluding hydrogens is 411 g/mol. The first-order chi connectivity index (χ1) is 11.6. The summed E-state index contributed by atoms with van der Waals surface area (Å²) in [5.74, 6) is -0.282. The quantitative estimate of drug-likeness (QED) is 0.777. The van der Waals surface area contributed by atoms with Crippen molar-refractivity contribution in [1.82, 2.24) is 13.5 Å². The Hall–Kier alpha value is -0.610. The van der Waals surface area contributed by atoms with E-state index in [1.54, 1.807) is 0 Å². The molecule has 1 amide bonds. The zero-order valence-corrected chi connectivity index (χ0v) is 16.9. The molecule has 1 saturated heterocycles. The highest BCUT2D eigenvalue weighted by Gasteiger charge is 2.29. The highest BCUT2D eigenvalue weighted by atomic mass is 35.5. The molecule has 1 aliphatic rings. The maximum absolute atomic E-state index is 12.2. The van der Waals surface area contributed by atoms with Crippen molar-refractivity contribution >= 4 is 56.6 Å². The van der Waals surface area contributed by atoms with Crippen LogP contribution in [0.4, 0.5) is 5.69 Å². The number of piperazine rings is 1. The molecule has 0 aromatic heterocycles. The largest absolute Gasteiger partial charge is 0.322 e. The van der Waals surface area contributed by atoms with Crippen LogP contribution in [0.15, 0.2) is 12.1 Å². The summed E-state index contributed by atoms with van der Waals surface area (Å²) < 4.78 is 26.7. The van der Waals surface area contributed by atoms with Crippen LogP contribution in [0.1, 0.15) is 0 Å². The summed E-state index contributed by atoms with van der Waals surface area (Å²) in [6.07, 6.45) is 0. The normalized spacial score (nSPS) is 17.0. The number of benzene rings is 1. The number of hydrogen-bond donors (Lipinski definition) is 1. The standard InChI is InChI=1S/C14H19Cl3N4O3S/c1-19(2)25(23,24)21-5-3-20(4-6-21)9-13(22)18-14-11(16)7-10(15)8-12(14)17/h7-8H,3-6,9H2,1-2H3,(H,18,22). The Balaban J connectivity index is 1.91. The third-order valence-electron chi connectivity index (χ3n) is 3.76. The lowest BCUT2D eigenvalue weighted by molar-refractivity contribution is -0.117. The first kappa shape index (κ1) is 20.7. The van der Waals surface area contributed by atoms with Gasteiger partial charge in [0.05, 0.1) is 22.3 Å². The van der Waals surface area contributed by atoms with Crippen LogP contribution in [0.2, 0.25) is 15.1 Å². The van der Waals surface area contributed by atoms with Gasteiger partial charge in [0, 0.05) is 45.3 Å². The molecule has 0 unspecified atom stereocenters. The fraction of sp³-hybridized carbons (Fsp3) is 0.500. The second kappa shape index (κ2) is 8.39. The molecule has 2 rings (SSSR count). The van der Waals surface area contributed by atoms with Crippen molar-refractivity contribution in [1.29, 1.82) is 0 Å². The van der Waals surface area contributed by atoms with Crippen LogP contribution in [0.5, 0.6) is 0 Å². The van der Waals surface area contributed by atoms with E-state index in [2.05, 4.69) is 5.32 Å². The van der Waals surface area contributed by atoms with Crippen LogP contribution in [0.25, 0.3) is 0 Å². The number of carbonyl (C=O) groups excluding carboxylic acids is 1. The molecule has 140 valence electrons. The minimum absolute atomic E-state index is 0.116. The average Bonchev–Trinajstić information content (AvgIpc) is 2.51. The van der Waals surface area contributed by atoms with Gasteiger partial charge in [-0.1, -0.05) is 34.8 Å². The number of amides is 1. The van der Waals surface area contributed by atoms with Crippen LogP contribution in [-0.2, 0) is 15.0 Å². The zero-order chi connectivity index (χ0) is 18.8. The van der Waals surface area contributed by atoms with E-state index < -0.39 is 10.2 Å². The van der Waals surface area contributed by atoms with Gasteiger partial charge in [0.2, 0.25) is 5.91 Å². The van der Waals surface area contributed by atoms with Gasteiger partial charge in [0.15, 0.2) is 0 Å². The van der Waals surface area contributed by atoms with Gasteiger partial charge in [-0.05, 0) is 12.1 Å². The predicted octanol–water partition coefficient (Wildman–Crippen LogP) is 2.01. The minimum atomic E-state index is -3.42. The lowest BCUT2D eigenvalue weighted by Gasteiger charge is -2.34. The lowest BCUT2D eigenvalue weighted by Crippen LogP contribution is -2.52. The van der Waals surface area contributed by atoms with Crippen molar-refractivity contribution in [2.75, 3.05) is 52.1 Å². The molecule has 0 radical (unpaired) electrons. The zero-order valence-electron chi connectivity index (χ0n) is 13.8. The van der Waals surface area contributed by atoms with E-state index in [1.165, 1.54) is 34.8 Å². The summed E-state index contributed by atoms with van der Waals surface area (Å²) in [5, 5.41) is 3.56. The average molecular weight is 430 g/mol. The molecule has 1 fully saturated rings. The number of hydrogen-bond acceptors (Lipinski definition) is 4. The molecule has 1 N–H and O–H groups in total. The summed E-state index contributed by atoms with van der Waals surface area (Å²) in [6, 6.07) is 2.99. The first-order valence-electron chi connectivity index (χ1n) is 7.45. The molecule has 1 aliphatic heterocycles. The Bertz CT molecular complexity index is 727. The molecule has 1 aromatic rings. The number of halogens is 3. The monoisotopic (exact) mass is 428 g/mol. The number of nitrogens with zero attached hydrogens (tertiary/aromatic N) is 3. The summed E-state index contributed by atoms with van der Waals surface area (Å²) in [5.41, 5.74) is 0.312. The van der Waals surface area contributed by atoms with Gasteiger partial charge in [0.25, 0.3) is 10.2 Å². The molecule has 0 spiro atoms. The fourth-order valence-corrected chi connectivity index (χ4v) is 4.39. The molecule has 7 nitrogen and oxygen atoms in total. The van der Waals surface area contributed by atoms with Gasteiger partial charge >= 0.3 is 0 Å². The van der Waals surface area contributed by atoms with Crippen molar-refractivity contribution in [2.24, 2.45) is 0 Å². The van der Waals surface area contributed by atoms with Crippen molar-refractivity contribution in [3.05, 3.63) is 27.2 Å². The van der Waals surface area contributed by atoms with E-state index in [0.717, 1.165) is 0 Å². The molecule has 0 aliphatic carbocycles. The van der Waals surface area contributed by atoms with Crippen LogP contribution in [-0.4, -0.2) is 74.7 Å². The van der Waals surface area contributed by atoms with Crippen LogP contribution >= 0.6 is 34.8 Å². The minimum Gasteiger partial charge on any atom is -0.322 e. The van der Waals surface area contributed by atoms with E-state index in [0.29, 0.717) is 36.9 Å². The molecular formula is C14H19Cl3N4O3S. The fourth-order valence-electron chi connectivity index (χ4n) is 2.39. The Labute approximate surface area is 162 Å². The van der Waals surface area contributed by atoms with Gasteiger partial charge < -0.3 is 5.32 Å². The highest BCUT2D eigenvalue weighted by Crippen LogP contribution is 2.33. The number of carbonyl (C=O) groups is 1. The predicted molar refractivity (Wildman–Crippen MR) is 101 cm³/mol. The molecule has 1 aromatic carbocycles. The topological polar surface area (TPSA) is 73.0 Å². The van der Waals surface area contributed by atoms with Crippen molar-refractivity contribution in [2.45, 2.75) is 0 Å². The maximum Gasteiger partial charge on any atom is 0.281 e. The van der Waals surface area contributed by atoms with Gasteiger partial charge in [-0.2, -0.15) is 17.0 Å². The van der Waals surface area contributed by atoms with E-state index in [9.17, 15) is 13.2 Å². The smallest absolute Gasteiger partial charge is 0.281 e. The van der Waals surface area contributed by atoms with Crippen LogP contribution in [0.3, 0.4) is 0 Å². The van der Waals surface area contributed by atoms with E-state index >= 15 is 0 Å². The molecule has 25 heavy (non-hydrogen) atoms. The van der Waals surface area contributed by atoms with Gasteiger partial charge in [0.1, 0.15) is 0 Å². The third-order valence-corrected chi connectivity index (χ3v) is 6.51. The molecule has 0 saturated carbocycles. The molecule has 1 heterocycles. The third kappa shape index (κ3) is 5.19. The second-order valence-electron chi connectivity index (χ2n) is 5.76. The Morgan fingerprint density at radius 2 is 1.64 bits per heavy atom. The van der Waals surface area contributed by atoms with E-state index in [-0.39, 0.29) is 22.5 Å². The van der Waals surface area contributed by atoms with Gasteiger partial charge in [-0.25, -0.2) is 0 Å². The van der Waals surface area contributed by atoms with Crippen molar-refractivity contribution in [3.63, 3.8) is 0 Å². The van der Waals surface area contributed by atoms with Gasteiger partial charge in [-0.15, -0.1) is 0 Å². The maximum atomic E-state index is 12.2. The number of anilines is 1. The summed E-state index contributed by atoms with van der Waals surface area (Å²) in [6.45, 7) is 1.70. The lowest BCUT2D eigenvalue weighted by atomic mass is 10.3. The number of rotatable bonds is 5. The second-order valence-corrected chi connectivity index (χ2v) is 9.15. The Kier molecular flexibility index (Phi) is 6.94.